The highest BCUT2D eigenvalue weighted by Gasteiger charge is 2.25. The minimum atomic E-state index is -3.52. The van der Waals surface area contributed by atoms with Crippen LogP contribution in [0.5, 0.6) is 0 Å². The quantitative estimate of drug-likeness (QED) is 0.614. The Morgan fingerprint density at radius 2 is 1.93 bits per heavy atom. The third-order valence-electron chi connectivity index (χ3n) is 2.23. The lowest BCUT2D eigenvalue weighted by molar-refractivity contribution is 0.0257. The van der Waals surface area contributed by atoms with Crippen LogP contribution in [0.4, 0.5) is 0 Å². The van der Waals surface area contributed by atoms with Crippen molar-refractivity contribution in [2.45, 2.75) is 18.9 Å². The maximum atomic E-state index is 10.9. The van der Waals surface area contributed by atoms with Gasteiger partial charge in [0.05, 0.1) is 12.7 Å². The molecule has 1 heterocycles. The van der Waals surface area contributed by atoms with Crippen LogP contribution in [-0.4, -0.2) is 45.1 Å². The van der Waals surface area contributed by atoms with Gasteiger partial charge in [-0.3, -0.25) is 0 Å². The van der Waals surface area contributed by atoms with Gasteiger partial charge in [0.2, 0.25) is 0 Å². The van der Waals surface area contributed by atoms with Crippen molar-refractivity contribution < 1.29 is 13.2 Å². The van der Waals surface area contributed by atoms with Crippen LogP contribution in [0.3, 0.4) is 0 Å². The molecule has 0 aromatic carbocycles. The molecular weight excluding hydrogens is 206 g/mol. The Kier molecular flexibility index (Phi) is 4.27. The van der Waals surface area contributed by atoms with E-state index in [4.69, 9.17) is 15.6 Å². The predicted octanol–water partition coefficient (Wildman–Crippen LogP) is -1.37. The van der Waals surface area contributed by atoms with Gasteiger partial charge in [-0.15, -0.1) is 0 Å². The van der Waals surface area contributed by atoms with Crippen molar-refractivity contribution in [2.24, 2.45) is 10.9 Å². The fourth-order valence-corrected chi connectivity index (χ4v) is 2.21. The summed E-state index contributed by atoms with van der Waals surface area (Å²) >= 11 is 0. The molecule has 1 aliphatic rings. The SMILES string of the molecule is NCCOC1CCN(S(N)(=O)=O)CC1. The summed E-state index contributed by atoms with van der Waals surface area (Å²) < 4.78 is 28.6. The van der Waals surface area contributed by atoms with Gasteiger partial charge in [0, 0.05) is 19.6 Å². The molecule has 0 bridgehead atoms. The van der Waals surface area contributed by atoms with Crippen molar-refractivity contribution in [1.29, 1.82) is 0 Å². The molecule has 4 N–H and O–H groups in total. The lowest BCUT2D eigenvalue weighted by atomic mass is 10.1. The predicted molar refractivity (Wildman–Crippen MR) is 52.7 cm³/mol. The van der Waals surface area contributed by atoms with E-state index in [0.717, 1.165) is 0 Å². The van der Waals surface area contributed by atoms with E-state index in [9.17, 15) is 8.42 Å². The van der Waals surface area contributed by atoms with E-state index in [0.29, 0.717) is 39.1 Å². The first-order valence-electron chi connectivity index (χ1n) is 4.63. The Hall–Kier alpha value is -0.210. The van der Waals surface area contributed by atoms with Gasteiger partial charge in [-0.05, 0) is 12.8 Å². The Labute approximate surface area is 84.4 Å². The molecule has 1 fully saturated rings. The standard InChI is InChI=1S/C7H17N3O3S/c8-3-6-13-7-1-4-10(5-2-7)14(9,11)12/h7H,1-6,8H2,(H2,9,11,12). The highest BCUT2D eigenvalue weighted by molar-refractivity contribution is 7.86. The van der Waals surface area contributed by atoms with Crippen molar-refractivity contribution in [1.82, 2.24) is 4.31 Å². The molecule has 7 heteroatoms. The molecule has 1 saturated heterocycles. The van der Waals surface area contributed by atoms with E-state index in [1.54, 1.807) is 0 Å². The molecule has 84 valence electrons. The summed E-state index contributed by atoms with van der Waals surface area (Å²) in [5.41, 5.74) is 5.29. The fraction of sp³-hybridized carbons (Fsp3) is 1.00. The largest absolute Gasteiger partial charge is 0.377 e. The zero-order valence-electron chi connectivity index (χ0n) is 8.05. The first-order valence-corrected chi connectivity index (χ1v) is 6.14. The monoisotopic (exact) mass is 223 g/mol. The number of hydrogen-bond acceptors (Lipinski definition) is 4. The van der Waals surface area contributed by atoms with Crippen LogP contribution in [0.2, 0.25) is 0 Å². The first-order chi connectivity index (χ1) is 6.54. The van der Waals surface area contributed by atoms with Gasteiger partial charge in [0.1, 0.15) is 0 Å². The molecule has 0 aromatic rings. The highest BCUT2D eigenvalue weighted by atomic mass is 32.2. The van der Waals surface area contributed by atoms with Gasteiger partial charge in [0.15, 0.2) is 0 Å². The van der Waals surface area contributed by atoms with Crippen LogP contribution in [0, 0.1) is 0 Å². The summed E-state index contributed by atoms with van der Waals surface area (Å²) in [6.07, 6.45) is 1.50. The number of ether oxygens (including phenoxy) is 1. The smallest absolute Gasteiger partial charge is 0.276 e. The van der Waals surface area contributed by atoms with Crippen molar-refractivity contribution in [3.63, 3.8) is 0 Å². The first kappa shape index (κ1) is 11.9. The molecule has 14 heavy (non-hydrogen) atoms. The second kappa shape index (κ2) is 5.04. The molecule has 0 spiro atoms. The van der Waals surface area contributed by atoms with Crippen molar-refractivity contribution in [2.75, 3.05) is 26.2 Å². The number of nitrogens with zero attached hydrogens (tertiary/aromatic N) is 1. The van der Waals surface area contributed by atoms with Gasteiger partial charge in [-0.1, -0.05) is 0 Å². The molecule has 0 aliphatic carbocycles. The Bertz CT molecular complexity index is 259. The topological polar surface area (TPSA) is 98.7 Å². The summed E-state index contributed by atoms with van der Waals surface area (Å²) in [6.45, 7) is 1.90. The van der Waals surface area contributed by atoms with Crippen LogP contribution in [0.25, 0.3) is 0 Å². The van der Waals surface area contributed by atoms with E-state index >= 15 is 0 Å². The average Bonchev–Trinajstić information content (AvgIpc) is 2.14. The van der Waals surface area contributed by atoms with Crippen LogP contribution in [0.15, 0.2) is 0 Å². The minimum absolute atomic E-state index is 0.122. The summed E-state index contributed by atoms with van der Waals surface area (Å²) in [7, 11) is -3.52. The number of nitrogens with two attached hydrogens (primary N) is 2. The number of hydrogen-bond donors (Lipinski definition) is 2. The van der Waals surface area contributed by atoms with Gasteiger partial charge < -0.3 is 10.5 Å². The summed E-state index contributed by atoms with van der Waals surface area (Å²) in [5.74, 6) is 0. The van der Waals surface area contributed by atoms with Gasteiger partial charge in [-0.2, -0.15) is 12.7 Å². The Morgan fingerprint density at radius 3 is 2.36 bits per heavy atom. The Morgan fingerprint density at radius 1 is 1.36 bits per heavy atom. The molecule has 1 aliphatic heterocycles. The molecule has 0 saturated carbocycles. The molecule has 0 radical (unpaired) electrons. The third-order valence-corrected chi connectivity index (χ3v) is 3.32. The molecule has 1 rings (SSSR count). The van der Waals surface area contributed by atoms with Crippen LogP contribution >= 0.6 is 0 Å². The number of piperidine rings is 1. The normalized spacial score (nSPS) is 21.3. The second-order valence-corrected chi connectivity index (χ2v) is 4.85. The average molecular weight is 223 g/mol. The molecule has 6 nitrogen and oxygen atoms in total. The second-order valence-electron chi connectivity index (χ2n) is 3.30. The molecule has 0 aromatic heterocycles. The minimum Gasteiger partial charge on any atom is -0.377 e. The highest BCUT2D eigenvalue weighted by Crippen LogP contribution is 2.14. The molecular formula is C7H17N3O3S. The van der Waals surface area contributed by atoms with E-state index < -0.39 is 10.2 Å². The number of rotatable bonds is 4. The Balaban J connectivity index is 2.31. The maximum absolute atomic E-state index is 10.9. The zero-order valence-corrected chi connectivity index (χ0v) is 8.87. The van der Waals surface area contributed by atoms with E-state index in [2.05, 4.69) is 0 Å². The molecule has 0 atom stereocenters. The zero-order chi connectivity index (χ0) is 10.6. The summed E-state index contributed by atoms with van der Waals surface area (Å²) in [4.78, 5) is 0. The van der Waals surface area contributed by atoms with Crippen molar-refractivity contribution >= 4 is 10.2 Å². The van der Waals surface area contributed by atoms with Crippen molar-refractivity contribution in [3.8, 4) is 0 Å². The fourth-order valence-electron chi connectivity index (χ4n) is 1.49. The summed E-state index contributed by atoms with van der Waals surface area (Å²) in [6, 6.07) is 0. The lowest BCUT2D eigenvalue weighted by Crippen LogP contribution is -2.44. The van der Waals surface area contributed by atoms with Gasteiger partial charge in [-0.25, -0.2) is 5.14 Å². The van der Waals surface area contributed by atoms with E-state index in [1.165, 1.54) is 4.31 Å². The lowest BCUT2D eigenvalue weighted by Gasteiger charge is -2.29. The van der Waals surface area contributed by atoms with Gasteiger partial charge >= 0.3 is 0 Å². The van der Waals surface area contributed by atoms with Crippen LogP contribution in [-0.2, 0) is 14.9 Å². The molecule has 0 amide bonds. The molecule has 0 unspecified atom stereocenters. The van der Waals surface area contributed by atoms with Crippen molar-refractivity contribution in [3.05, 3.63) is 0 Å². The summed E-state index contributed by atoms with van der Waals surface area (Å²) in [5, 5.41) is 4.99. The van der Waals surface area contributed by atoms with Crippen LogP contribution < -0.4 is 10.9 Å². The third kappa shape index (κ3) is 3.50. The van der Waals surface area contributed by atoms with Crippen LogP contribution in [0.1, 0.15) is 12.8 Å². The van der Waals surface area contributed by atoms with Gasteiger partial charge in [0.25, 0.3) is 10.2 Å². The maximum Gasteiger partial charge on any atom is 0.276 e. The van der Waals surface area contributed by atoms with E-state index in [1.807, 2.05) is 0 Å². The van der Waals surface area contributed by atoms with E-state index in [-0.39, 0.29) is 6.10 Å².